The normalized spacial score (nSPS) is 24.3. The maximum atomic E-state index is 10.5. The van der Waals surface area contributed by atoms with Gasteiger partial charge in [0.05, 0.1) is 25.4 Å². The number of carboxylic acids is 1. The lowest BCUT2D eigenvalue weighted by Gasteiger charge is -2.14. The molecule has 1 aliphatic heterocycles. The Kier molecular flexibility index (Phi) is 2.97. The van der Waals surface area contributed by atoms with Crippen LogP contribution in [-0.4, -0.2) is 51.7 Å². The van der Waals surface area contributed by atoms with Gasteiger partial charge in [-0.3, -0.25) is 0 Å². The van der Waals surface area contributed by atoms with Gasteiger partial charge in [0.2, 0.25) is 0 Å². The van der Waals surface area contributed by atoms with E-state index in [0.717, 1.165) is 0 Å². The van der Waals surface area contributed by atoms with Crippen molar-refractivity contribution in [2.45, 2.75) is 12.1 Å². The summed E-state index contributed by atoms with van der Waals surface area (Å²) in [5.41, 5.74) is -0.117. The van der Waals surface area contributed by atoms with Gasteiger partial charge in [-0.1, -0.05) is 0 Å². The molecule has 0 aliphatic carbocycles. The van der Waals surface area contributed by atoms with Gasteiger partial charge in [-0.15, -0.1) is 10.2 Å². The third kappa shape index (κ3) is 2.26. The highest BCUT2D eigenvalue weighted by Crippen LogP contribution is 2.11. The van der Waals surface area contributed by atoms with Crippen LogP contribution in [0.15, 0.2) is 12.1 Å². The first-order chi connectivity index (χ1) is 7.66. The molecule has 0 aromatic carbocycles. The Labute approximate surface area is 91.1 Å². The molecular weight excluding hydrogens is 214 g/mol. The Balaban J connectivity index is 2.02. The van der Waals surface area contributed by atoms with E-state index in [4.69, 9.17) is 9.84 Å². The molecule has 0 radical (unpaired) electrons. The summed E-state index contributed by atoms with van der Waals surface area (Å²) in [5, 5.41) is 28.2. The van der Waals surface area contributed by atoms with Crippen LogP contribution in [0, 0.1) is 0 Å². The molecule has 0 saturated carbocycles. The molecular formula is C9H11N3O4. The number of carboxylic acid groups (broad SMARTS) is 1. The summed E-state index contributed by atoms with van der Waals surface area (Å²) in [6.45, 7) is 0.682. The van der Waals surface area contributed by atoms with Crippen molar-refractivity contribution in [1.29, 1.82) is 0 Å². The first-order valence-corrected chi connectivity index (χ1v) is 4.76. The summed E-state index contributed by atoms with van der Waals surface area (Å²) in [4.78, 5) is 10.5. The number of anilines is 1. The van der Waals surface area contributed by atoms with Gasteiger partial charge in [-0.2, -0.15) is 0 Å². The number of aromatic carboxylic acids is 1. The quantitative estimate of drug-likeness (QED) is 0.627. The molecule has 7 nitrogen and oxygen atoms in total. The van der Waals surface area contributed by atoms with E-state index >= 15 is 0 Å². The fraction of sp³-hybridized carbons (Fsp3) is 0.444. The van der Waals surface area contributed by atoms with Crippen LogP contribution in [0.4, 0.5) is 5.82 Å². The summed E-state index contributed by atoms with van der Waals surface area (Å²) < 4.78 is 5.05. The number of hydrogen-bond acceptors (Lipinski definition) is 6. The molecule has 2 atom stereocenters. The fourth-order valence-electron chi connectivity index (χ4n) is 1.39. The summed E-state index contributed by atoms with van der Waals surface area (Å²) >= 11 is 0. The van der Waals surface area contributed by atoms with Crippen molar-refractivity contribution in [3.05, 3.63) is 17.8 Å². The third-order valence-corrected chi connectivity index (χ3v) is 2.27. The lowest BCUT2D eigenvalue weighted by molar-refractivity contribution is 0.0689. The van der Waals surface area contributed by atoms with E-state index in [0.29, 0.717) is 12.4 Å². The largest absolute Gasteiger partial charge is 0.476 e. The monoisotopic (exact) mass is 225 g/mol. The number of ether oxygens (including phenoxy) is 1. The molecule has 0 amide bonds. The third-order valence-electron chi connectivity index (χ3n) is 2.27. The van der Waals surface area contributed by atoms with Crippen LogP contribution in [0.3, 0.4) is 0 Å². The number of carbonyl (C=O) groups is 1. The van der Waals surface area contributed by atoms with E-state index in [1.807, 2.05) is 0 Å². The minimum Gasteiger partial charge on any atom is -0.476 e. The highest BCUT2D eigenvalue weighted by molar-refractivity contribution is 5.85. The average molecular weight is 225 g/mol. The van der Waals surface area contributed by atoms with Crippen LogP contribution in [0.1, 0.15) is 10.5 Å². The van der Waals surface area contributed by atoms with Gasteiger partial charge in [0.25, 0.3) is 0 Å². The van der Waals surface area contributed by atoms with Crippen LogP contribution >= 0.6 is 0 Å². The standard InChI is InChI=1S/C9H11N3O4/c13-7-4-16-3-6(7)10-8-2-1-5(9(14)15)11-12-8/h1-2,6-7,13H,3-4H2,(H,10,12)(H,14,15)/t6-,7-/m1/s1. The number of nitrogens with one attached hydrogen (secondary N) is 1. The van der Waals surface area contributed by atoms with Crippen molar-refractivity contribution in [3.63, 3.8) is 0 Å². The smallest absolute Gasteiger partial charge is 0.356 e. The van der Waals surface area contributed by atoms with Crippen LogP contribution in [-0.2, 0) is 4.74 Å². The van der Waals surface area contributed by atoms with Gasteiger partial charge in [0, 0.05) is 0 Å². The first-order valence-electron chi connectivity index (χ1n) is 4.76. The van der Waals surface area contributed by atoms with E-state index in [-0.39, 0.29) is 18.3 Å². The molecule has 2 rings (SSSR count). The van der Waals surface area contributed by atoms with Gasteiger partial charge in [-0.25, -0.2) is 4.79 Å². The number of rotatable bonds is 3. The number of aliphatic hydroxyl groups is 1. The van der Waals surface area contributed by atoms with Crippen molar-refractivity contribution in [3.8, 4) is 0 Å². The van der Waals surface area contributed by atoms with E-state index in [2.05, 4.69) is 15.5 Å². The van der Waals surface area contributed by atoms with Crippen LogP contribution < -0.4 is 5.32 Å². The van der Waals surface area contributed by atoms with Gasteiger partial charge in [-0.05, 0) is 12.1 Å². The molecule has 1 aromatic heterocycles. The molecule has 0 spiro atoms. The molecule has 2 heterocycles. The average Bonchev–Trinajstić information content (AvgIpc) is 2.65. The SMILES string of the molecule is O=C(O)c1ccc(N[C@@H]2COC[C@H]2O)nn1. The van der Waals surface area contributed by atoms with Crippen LogP contribution in [0.5, 0.6) is 0 Å². The lowest BCUT2D eigenvalue weighted by Crippen LogP contribution is -2.32. The summed E-state index contributed by atoms with van der Waals surface area (Å²) in [6, 6.07) is 2.62. The summed E-state index contributed by atoms with van der Waals surface area (Å²) in [6.07, 6.45) is -0.582. The van der Waals surface area contributed by atoms with Gasteiger partial charge in [0.1, 0.15) is 5.82 Å². The lowest BCUT2D eigenvalue weighted by atomic mass is 10.2. The molecule has 3 N–H and O–H groups in total. The van der Waals surface area contributed by atoms with E-state index < -0.39 is 12.1 Å². The highest BCUT2D eigenvalue weighted by Gasteiger charge is 2.26. The van der Waals surface area contributed by atoms with E-state index in [1.54, 1.807) is 0 Å². The molecule has 7 heteroatoms. The van der Waals surface area contributed by atoms with Crippen molar-refractivity contribution < 1.29 is 19.7 Å². The van der Waals surface area contributed by atoms with Crippen molar-refractivity contribution in [2.75, 3.05) is 18.5 Å². The Bertz CT molecular complexity index is 381. The van der Waals surface area contributed by atoms with Crippen molar-refractivity contribution in [2.24, 2.45) is 0 Å². The Morgan fingerprint density at radius 3 is 2.75 bits per heavy atom. The van der Waals surface area contributed by atoms with Gasteiger partial charge < -0.3 is 20.3 Å². The predicted octanol–water partition coefficient (Wildman–Crippen LogP) is -0.654. The fourth-order valence-corrected chi connectivity index (χ4v) is 1.39. The predicted molar refractivity (Wildman–Crippen MR) is 53.2 cm³/mol. The number of nitrogens with zero attached hydrogens (tertiary/aromatic N) is 2. The molecule has 1 aromatic rings. The second-order valence-corrected chi connectivity index (χ2v) is 3.46. The van der Waals surface area contributed by atoms with Gasteiger partial charge in [0.15, 0.2) is 5.69 Å². The van der Waals surface area contributed by atoms with Crippen LogP contribution in [0.2, 0.25) is 0 Å². The van der Waals surface area contributed by atoms with Crippen LogP contribution in [0.25, 0.3) is 0 Å². The zero-order valence-electron chi connectivity index (χ0n) is 8.33. The summed E-state index contributed by atoms with van der Waals surface area (Å²) in [5.74, 6) is -0.706. The van der Waals surface area contributed by atoms with Crippen molar-refractivity contribution in [1.82, 2.24) is 10.2 Å². The molecule has 1 aliphatic rings. The Morgan fingerprint density at radius 1 is 1.44 bits per heavy atom. The van der Waals surface area contributed by atoms with E-state index in [9.17, 15) is 9.90 Å². The van der Waals surface area contributed by atoms with E-state index in [1.165, 1.54) is 12.1 Å². The van der Waals surface area contributed by atoms with Gasteiger partial charge >= 0.3 is 5.97 Å². The summed E-state index contributed by atoms with van der Waals surface area (Å²) in [7, 11) is 0. The molecule has 16 heavy (non-hydrogen) atoms. The van der Waals surface area contributed by atoms with Crippen molar-refractivity contribution >= 4 is 11.8 Å². The maximum Gasteiger partial charge on any atom is 0.356 e. The molecule has 86 valence electrons. The zero-order chi connectivity index (χ0) is 11.5. The Morgan fingerprint density at radius 2 is 2.25 bits per heavy atom. The molecule has 0 bridgehead atoms. The highest BCUT2D eigenvalue weighted by atomic mass is 16.5. The number of aliphatic hydroxyl groups excluding tert-OH is 1. The minimum atomic E-state index is -1.12. The maximum absolute atomic E-state index is 10.5. The molecule has 0 unspecified atom stereocenters. The second-order valence-electron chi connectivity index (χ2n) is 3.46. The number of hydrogen-bond donors (Lipinski definition) is 3. The topological polar surface area (TPSA) is 105 Å². The Hall–Kier alpha value is -1.73. The minimum absolute atomic E-state index is 0.117. The number of aromatic nitrogens is 2. The molecule has 1 fully saturated rings. The first kappa shape index (κ1) is 10.8. The second kappa shape index (κ2) is 4.42. The zero-order valence-corrected chi connectivity index (χ0v) is 8.33. The molecule has 1 saturated heterocycles.